The van der Waals surface area contributed by atoms with Gasteiger partial charge in [0.05, 0.1) is 11.6 Å². The summed E-state index contributed by atoms with van der Waals surface area (Å²) in [7, 11) is 0. The lowest BCUT2D eigenvalue weighted by Crippen LogP contribution is -2.61. The standard InChI is InChI=1S/C32H30Cl3N3O4S/c33-22-8-6-21(7-9-22)26-27(42-17-16-39)29(43-28(26)24-11-10-23(34)18-25(24)35)30(40)38-14-12-32(13-15-38,31(36)41)37-19-20-4-2-1-3-5-20/h1-11,18,37,39H,12-17,19H2,(H2,36,41). The first-order valence-electron chi connectivity index (χ1n) is 13.7. The lowest BCUT2D eigenvalue weighted by Gasteiger charge is -2.40. The van der Waals surface area contributed by atoms with Crippen LogP contribution in [0.15, 0.2) is 72.8 Å². The maximum absolute atomic E-state index is 14.1. The molecule has 3 aromatic carbocycles. The average molecular weight is 659 g/mol. The van der Waals surface area contributed by atoms with Gasteiger partial charge in [0.2, 0.25) is 5.91 Å². The van der Waals surface area contributed by atoms with Gasteiger partial charge in [-0.25, -0.2) is 0 Å². The van der Waals surface area contributed by atoms with Gasteiger partial charge in [-0.2, -0.15) is 0 Å². The number of thiophene rings is 1. The number of likely N-dealkylation sites (tertiary alicyclic amines) is 1. The van der Waals surface area contributed by atoms with Crippen LogP contribution in [0.5, 0.6) is 5.75 Å². The summed E-state index contributed by atoms with van der Waals surface area (Å²) in [4.78, 5) is 29.6. The van der Waals surface area contributed by atoms with Crippen molar-refractivity contribution in [3.05, 3.63) is 98.3 Å². The Morgan fingerprint density at radius 1 is 0.977 bits per heavy atom. The van der Waals surface area contributed by atoms with E-state index in [1.165, 1.54) is 11.3 Å². The Morgan fingerprint density at radius 2 is 1.65 bits per heavy atom. The summed E-state index contributed by atoms with van der Waals surface area (Å²) in [6.07, 6.45) is 0.720. The fourth-order valence-electron chi connectivity index (χ4n) is 5.20. The molecule has 0 saturated carbocycles. The Labute approximate surface area is 269 Å². The fraction of sp³-hybridized carbons (Fsp3) is 0.250. The second kappa shape index (κ2) is 13.7. The maximum Gasteiger partial charge on any atom is 0.267 e. The number of carbonyl (C=O) groups excluding carboxylic acids is 2. The molecule has 5 rings (SSSR count). The van der Waals surface area contributed by atoms with Crippen molar-refractivity contribution in [2.45, 2.75) is 24.9 Å². The van der Waals surface area contributed by atoms with E-state index in [-0.39, 0.29) is 19.1 Å². The average Bonchev–Trinajstić information content (AvgIpc) is 3.38. The van der Waals surface area contributed by atoms with Crippen LogP contribution in [-0.2, 0) is 11.3 Å². The Balaban J connectivity index is 1.50. The zero-order chi connectivity index (χ0) is 30.6. The highest BCUT2D eigenvalue weighted by Crippen LogP contribution is 2.50. The normalized spacial score (nSPS) is 14.5. The molecule has 0 unspecified atom stereocenters. The molecular formula is C32H30Cl3N3O4S. The monoisotopic (exact) mass is 657 g/mol. The summed E-state index contributed by atoms with van der Waals surface area (Å²) in [5, 5.41) is 14.5. The summed E-state index contributed by atoms with van der Waals surface area (Å²) in [5.41, 5.74) is 8.10. The largest absolute Gasteiger partial charge is 0.489 e. The summed E-state index contributed by atoms with van der Waals surface area (Å²) in [5.74, 6) is -0.338. The second-order valence-corrected chi connectivity index (χ2v) is 12.5. The van der Waals surface area contributed by atoms with E-state index in [2.05, 4.69) is 5.32 Å². The molecule has 4 N–H and O–H groups in total. The van der Waals surface area contributed by atoms with Gasteiger partial charge in [0.25, 0.3) is 5.91 Å². The number of amides is 2. The number of aliphatic hydroxyl groups excluding tert-OH is 1. The molecule has 1 aliphatic rings. The number of benzene rings is 3. The van der Waals surface area contributed by atoms with E-state index in [4.69, 9.17) is 45.3 Å². The highest BCUT2D eigenvalue weighted by Gasteiger charge is 2.41. The number of carbonyl (C=O) groups is 2. The molecule has 11 heteroatoms. The molecule has 2 heterocycles. The predicted octanol–water partition coefficient (Wildman–Crippen LogP) is 6.66. The molecule has 1 saturated heterocycles. The van der Waals surface area contributed by atoms with Gasteiger partial charge in [0.15, 0.2) is 5.75 Å². The third kappa shape index (κ3) is 6.85. The molecule has 0 radical (unpaired) electrons. The zero-order valence-electron chi connectivity index (χ0n) is 23.1. The predicted molar refractivity (Wildman–Crippen MR) is 173 cm³/mol. The number of halogens is 3. The number of nitrogens with zero attached hydrogens (tertiary/aromatic N) is 1. The minimum absolute atomic E-state index is 0.0143. The van der Waals surface area contributed by atoms with Gasteiger partial charge in [-0.05, 0) is 48.2 Å². The number of rotatable bonds is 10. The van der Waals surface area contributed by atoms with Gasteiger partial charge in [0.1, 0.15) is 17.0 Å². The molecule has 224 valence electrons. The highest BCUT2D eigenvalue weighted by molar-refractivity contribution is 7.18. The lowest BCUT2D eigenvalue weighted by molar-refractivity contribution is -0.126. The van der Waals surface area contributed by atoms with Crippen LogP contribution in [-0.4, -0.2) is 53.7 Å². The smallest absolute Gasteiger partial charge is 0.267 e. The number of primary amides is 1. The molecule has 0 aliphatic carbocycles. The van der Waals surface area contributed by atoms with E-state index in [1.807, 2.05) is 42.5 Å². The Kier molecular flexibility index (Phi) is 9.96. The van der Waals surface area contributed by atoms with Crippen LogP contribution in [0.25, 0.3) is 21.6 Å². The van der Waals surface area contributed by atoms with Crippen LogP contribution < -0.4 is 15.8 Å². The zero-order valence-corrected chi connectivity index (χ0v) is 26.2. The van der Waals surface area contributed by atoms with Crippen molar-refractivity contribution in [3.8, 4) is 27.3 Å². The summed E-state index contributed by atoms with van der Waals surface area (Å²) < 4.78 is 6.07. The first-order valence-corrected chi connectivity index (χ1v) is 15.7. The van der Waals surface area contributed by atoms with E-state index in [1.54, 1.807) is 35.2 Å². The topological polar surface area (TPSA) is 105 Å². The minimum atomic E-state index is -0.936. The number of hydrogen-bond donors (Lipinski definition) is 3. The summed E-state index contributed by atoms with van der Waals surface area (Å²) in [6.45, 7) is 0.859. The first kappa shape index (κ1) is 31.3. The number of ether oxygens (including phenoxy) is 1. The van der Waals surface area contributed by atoms with E-state index >= 15 is 0 Å². The molecule has 0 atom stereocenters. The van der Waals surface area contributed by atoms with Crippen molar-refractivity contribution in [3.63, 3.8) is 0 Å². The van der Waals surface area contributed by atoms with Crippen molar-refractivity contribution in [2.75, 3.05) is 26.3 Å². The minimum Gasteiger partial charge on any atom is -0.489 e. The van der Waals surface area contributed by atoms with Crippen LogP contribution in [0.3, 0.4) is 0 Å². The van der Waals surface area contributed by atoms with Gasteiger partial charge in [-0.1, -0.05) is 83.3 Å². The van der Waals surface area contributed by atoms with Crippen LogP contribution in [0, 0.1) is 0 Å². The van der Waals surface area contributed by atoms with Crippen LogP contribution in [0.1, 0.15) is 28.1 Å². The lowest BCUT2D eigenvalue weighted by atomic mass is 9.86. The highest BCUT2D eigenvalue weighted by atomic mass is 35.5. The summed E-state index contributed by atoms with van der Waals surface area (Å²) in [6, 6.07) is 22.2. The van der Waals surface area contributed by atoms with E-state index in [0.29, 0.717) is 74.2 Å². The quantitative estimate of drug-likeness (QED) is 0.177. The van der Waals surface area contributed by atoms with Gasteiger partial charge in [0, 0.05) is 45.7 Å². The molecule has 4 aromatic rings. The van der Waals surface area contributed by atoms with Crippen molar-refractivity contribution in [1.82, 2.24) is 10.2 Å². The summed E-state index contributed by atoms with van der Waals surface area (Å²) >= 11 is 20.3. The third-order valence-electron chi connectivity index (χ3n) is 7.55. The van der Waals surface area contributed by atoms with Crippen molar-refractivity contribution >= 4 is 58.0 Å². The number of nitrogens with one attached hydrogen (secondary N) is 1. The van der Waals surface area contributed by atoms with E-state index in [9.17, 15) is 14.7 Å². The van der Waals surface area contributed by atoms with E-state index < -0.39 is 11.4 Å². The Hall–Kier alpha value is -3.11. The molecular weight excluding hydrogens is 629 g/mol. The molecule has 43 heavy (non-hydrogen) atoms. The number of piperidine rings is 1. The number of aliphatic hydroxyl groups is 1. The second-order valence-electron chi connectivity index (χ2n) is 10.2. The van der Waals surface area contributed by atoms with Gasteiger partial charge in [-0.15, -0.1) is 11.3 Å². The molecule has 1 fully saturated rings. The third-order valence-corrected chi connectivity index (χ3v) is 9.55. The molecule has 1 aromatic heterocycles. The van der Waals surface area contributed by atoms with Crippen LogP contribution in [0.2, 0.25) is 15.1 Å². The molecule has 7 nitrogen and oxygen atoms in total. The number of hydrogen-bond acceptors (Lipinski definition) is 6. The molecule has 0 bridgehead atoms. The van der Waals surface area contributed by atoms with E-state index in [0.717, 1.165) is 11.1 Å². The van der Waals surface area contributed by atoms with Gasteiger partial charge in [-0.3, -0.25) is 14.9 Å². The molecule has 2 amide bonds. The van der Waals surface area contributed by atoms with Gasteiger partial charge < -0.3 is 20.5 Å². The van der Waals surface area contributed by atoms with Crippen molar-refractivity contribution in [1.29, 1.82) is 0 Å². The SMILES string of the molecule is NC(=O)C1(NCc2ccccc2)CCN(C(=O)c2sc(-c3ccc(Cl)cc3Cl)c(-c3ccc(Cl)cc3)c2OCCO)CC1. The molecule has 0 spiro atoms. The van der Waals surface area contributed by atoms with Gasteiger partial charge >= 0.3 is 0 Å². The van der Waals surface area contributed by atoms with Crippen LogP contribution in [0.4, 0.5) is 0 Å². The maximum atomic E-state index is 14.1. The first-order chi connectivity index (χ1) is 20.7. The van der Waals surface area contributed by atoms with Crippen molar-refractivity contribution in [2.24, 2.45) is 5.73 Å². The molecule has 1 aliphatic heterocycles. The number of nitrogens with two attached hydrogens (primary N) is 1. The Bertz CT molecular complexity index is 1600. The Morgan fingerprint density at radius 3 is 2.28 bits per heavy atom. The van der Waals surface area contributed by atoms with Crippen LogP contribution >= 0.6 is 46.1 Å². The van der Waals surface area contributed by atoms with Crippen molar-refractivity contribution < 1.29 is 19.4 Å². The fourth-order valence-corrected chi connectivity index (χ4v) is 7.16.